The van der Waals surface area contributed by atoms with Crippen molar-refractivity contribution < 1.29 is 4.39 Å². The van der Waals surface area contributed by atoms with Gasteiger partial charge in [0, 0.05) is 24.9 Å². The summed E-state index contributed by atoms with van der Waals surface area (Å²) in [7, 11) is 1.78. The zero-order chi connectivity index (χ0) is 15.1. The van der Waals surface area contributed by atoms with Crippen LogP contribution in [-0.2, 0) is 6.42 Å². The Morgan fingerprint density at radius 2 is 2.23 bits per heavy atom. The molecule has 0 spiro atoms. The molecule has 1 aromatic rings. The van der Waals surface area contributed by atoms with Crippen LogP contribution in [0.5, 0.6) is 0 Å². The lowest BCUT2D eigenvalue weighted by molar-refractivity contribution is 0.584. The van der Waals surface area contributed by atoms with E-state index in [0.29, 0.717) is 4.75 Å². The van der Waals surface area contributed by atoms with E-state index >= 15 is 0 Å². The normalized spacial score (nSPS) is 21.3. The number of nitrogens with zero attached hydrogens (tertiary/aromatic N) is 1. The number of thioether (sulfide) groups is 1. The van der Waals surface area contributed by atoms with Gasteiger partial charge in [0.1, 0.15) is 5.82 Å². The van der Waals surface area contributed by atoms with Crippen molar-refractivity contribution in [2.75, 3.05) is 25.9 Å². The third kappa shape index (κ3) is 6.32. The van der Waals surface area contributed by atoms with Gasteiger partial charge >= 0.3 is 0 Å². The first-order valence-electron chi connectivity index (χ1n) is 7.44. The Morgan fingerprint density at radius 3 is 2.86 bits per heavy atom. The van der Waals surface area contributed by atoms with Crippen LogP contribution in [0.25, 0.3) is 0 Å². The number of guanidine groups is 1. The zero-order valence-electron chi connectivity index (χ0n) is 13.2. The van der Waals surface area contributed by atoms with Crippen LogP contribution in [0.1, 0.15) is 25.3 Å². The molecule has 1 heterocycles. The monoisotopic (exact) mass is 437 g/mol. The Hall–Kier alpha value is -0.500. The Kier molecular flexibility index (Phi) is 8.53. The highest BCUT2D eigenvalue weighted by Gasteiger charge is 2.29. The van der Waals surface area contributed by atoms with E-state index in [1.54, 1.807) is 19.2 Å². The minimum absolute atomic E-state index is 0. The van der Waals surface area contributed by atoms with Gasteiger partial charge in [-0.3, -0.25) is 4.99 Å². The smallest absolute Gasteiger partial charge is 0.191 e. The molecule has 1 saturated heterocycles. The van der Waals surface area contributed by atoms with Crippen molar-refractivity contribution in [3.63, 3.8) is 0 Å². The van der Waals surface area contributed by atoms with E-state index in [1.165, 1.54) is 24.7 Å². The largest absolute Gasteiger partial charge is 0.356 e. The van der Waals surface area contributed by atoms with Gasteiger partial charge in [-0.15, -0.1) is 24.0 Å². The molecule has 0 saturated carbocycles. The molecule has 1 aromatic carbocycles. The molecule has 0 aromatic heterocycles. The van der Waals surface area contributed by atoms with Gasteiger partial charge in [0.05, 0.1) is 0 Å². The first-order chi connectivity index (χ1) is 10.1. The van der Waals surface area contributed by atoms with Crippen molar-refractivity contribution in [1.29, 1.82) is 0 Å². The maximum Gasteiger partial charge on any atom is 0.191 e. The van der Waals surface area contributed by atoms with Crippen LogP contribution < -0.4 is 10.6 Å². The molecule has 0 amide bonds. The van der Waals surface area contributed by atoms with Gasteiger partial charge in [0.2, 0.25) is 0 Å². The summed E-state index contributed by atoms with van der Waals surface area (Å²) in [5.41, 5.74) is 0.997. The average Bonchev–Trinajstić information content (AvgIpc) is 2.90. The van der Waals surface area contributed by atoms with Crippen LogP contribution in [0.3, 0.4) is 0 Å². The molecular weight excluding hydrogens is 412 g/mol. The molecule has 6 heteroatoms. The molecule has 1 aliphatic heterocycles. The number of halogens is 2. The summed E-state index contributed by atoms with van der Waals surface area (Å²) in [6.07, 6.45) is 3.34. The minimum Gasteiger partial charge on any atom is -0.356 e. The molecule has 2 N–H and O–H groups in total. The van der Waals surface area contributed by atoms with Crippen molar-refractivity contribution in [3.05, 3.63) is 35.6 Å². The fourth-order valence-corrected chi connectivity index (χ4v) is 3.73. The summed E-state index contributed by atoms with van der Waals surface area (Å²) in [6.45, 7) is 3.97. The number of hydrogen-bond donors (Lipinski definition) is 2. The number of benzene rings is 1. The Balaban J connectivity index is 0.00000242. The van der Waals surface area contributed by atoms with E-state index in [9.17, 15) is 4.39 Å². The van der Waals surface area contributed by atoms with Gasteiger partial charge in [-0.05, 0) is 49.6 Å². The number of rotatable bonds is 5. The Labute approximate surface area is 154 Å². The third-order valence-electron chi connectivity index (χ3n) is 3.75. The maximum atomic E-state index is 13.1. The Bertz CT molecular complexity index is 490. The molecular formula is C16H25FIN3S. The molecule has 1 atom stereocenters. The van der Waals surface area contributed by atoms with Crippen LogP contribution in [0.4, 0.5) is 4.39 Å². The molecule has 1 fully saturated rings. The SMILES string of the molecule is CN=C(NCCc1cccc(F)c1)NCC1(C)CCCS1.I. The average molecular weight is 437 g/mol. The van der Waals surface area contributed by atoms with Gasteiger partial charge in [0.15, 0.2) is 5.96 Å². The lowest BCUT2D eigenvalue weighted by Gasteiger charge is -2.24. The lowest BCUT2D eigenvalue weighted by Crippen LogP contribution is -2.44. The molecule has 0 radical (unpaired) electrons. The standard InChI is InChI=1S/C16H24FN3S.HI/c1-16(8-4-10-21-16)12-20-15(18-2)19-9-7-13-5-3-6-14(17)11-13;/h3,5-6,11H,4,7-10,12H2,1-2H3,(H2,18,19,20);1H. The topological polar surface area (TPSA) is 36.4 Å². The lowest BCUT2D eigenvalue weighted by atomic mass is 10.1. The van der Waals surface area contributed by atoms with Gasteiger partial charge < -0.3 is 10.6 Å². The Morgan fingerprint density at radius 1 is 1.41 bits per heavy atom. The first kappa shape index (κ1) is 19.5. The second-order valence-electron chi connectivity index (χ2n) is 5.63. The quantitative estimate of drug-likeness (QED) is 0.421. The van der Waals surface area contributed by atoms with Crippen LogP contribution in [0, 0.1) is 5.82 Å². The van der Waals surface area contributed by atoms with E-state index in [2.05, 4.69) is 22.5 Å². The van der Waals surface area contributed by atoms with E-state index in [1.807, 2.05) is 17.8 Å². The van der Waals surface area contributed by atoms with Gasteiger partial charge in [-0.1, -0.05) is 12.1 Å². The minimum atomic E-state index is -0.179. The highest BCUT2D eigenvalue weighted by atomic mass is 127. The van der Waals surface area contributed by atoms with E-state index in [4.69, 9.17) is 0 Å². The van der Waals surface area contributed by atoms with Gasteiger partial charge in [-0.2, -0.15) is 11.8 Å². The van der Waals surface area contributed by atoms with Gasteiger partial charge in [0.25, 0.3) is 0 Å². The predicted molar refractivity (Wildman–Crippen MR) is 105 cm³/mol. The predicted octanol–water partition coefficient (Wildman–Crippen LogP) is 3.44. The molecule has 3 nitrogen and oxygen atoms in total. The summed E-state index contributed by atoms with van der Waals surface area (Å²) in [6, 6.07) is 6.73. The molecule has 1 unspecified atom stereocenters. The number of aliphatic imine (C=N–C) groups is 1. The van der Waals surface area contributed by atoms with Crippen LogP contribution in [-0.4, -0.2) is 36.6 Å². The summed E-state index contributed by atoms with van der Waals surface area (Å²) in [4.78, 5) is 4.24. The zero-order valence-corrected chi connectivity index (χ0v) is 16.3. The van der Waals surface area contributed by atoms with E-state index < -0.39 is 0 Å². The highest BCUT2D eigenvalue weighted by molar-refractivity contribution is 14.0. The van der Waals surface area contributed by atoms with Crippen molar-refractivity contribution in [2.24, 2.45) is 4.99 Å². The van der Waals surface area contributed by atoms with E-state index in [0.717, 1.165) is 31.0 Å². The van der Waals surface area contributed by atoms with Crippen LogP contribution >= 0.6 is 35.7 Å². The van der Waals surface area contributed by atoms with Crippen molar-refractivity contribution >= 4 is 41.7 Å². The molecule has 0 aliphatic carbocycles. The molecule has 2 rings (SSSR count). The number of nitrogens with one attached hydrogen (secondary N) is 2. The second-order valence-corrected chi connectivity index (χ2v) is 7.32. The summed E-state index contributed by atoms with van der Waals surface area (Å²) < 4.78 is 13.4. The first-order valence-corrected chi connectivity index (χ1v) is 8.43. The summed E-state index contributed by atoms with van der Waals surface area (Å²) in [5, 5.41) is 6.68. The van der Waals surface area contributed by atoms with E-state index in [-0.39, 0.29) is 29.8 Å². The second kappa shape index (κ2) is 9.60. The molecule has 22 heavy (non-hydrogen) atoms. The summed E-state index contributed by atoms with van der Waals surface area (Å²) >= 11 is 2.03. The maximum absolute atomic E-state index is 13.1. The summed E-state index contributed by atoms with van der Waals surface area (Å²) in [5.74, 6) is 1.89. The van der Waals surface area contributed by atoms with Crippen LogP contribution in [0.15, 0.2) is 29.3 Å². The molecule has 124 valence electrons. The van der Waals surface area contributed by atoms with Crippen LogP contribution in [0.2, 0.25) is 0 Å². The fourth-order valence-electron chi connectivity index (χ4n) is 2.49. The highest BCUT2D eigenvalue weighted by Crippen LogP contribution is 2.36. The molecule has 1 aliphatic rings. The van der Waals surface area contributed by atoms with Crippen molar-refractivity contribution in [1.82, 2.24) is 10.6 Å². The van der Waals surface area contributed by atoms with Crippen molar-refractivity contribution in [2.45, 2.75) is 30.9 Å². The third-order valence-corrected chi connectivity index (χ3v) is 5.29. The fraction of sp³-hybridized carbons (Fsp3) is 0.562. The molecule has 0 bridgehead atoms. The van der Waals surface area contributed by atoms with Crippen molar-refractivity contribution in [3.8, 4) is 0 Å². The van der Waals surface area contributed by atoms with Gasteiger partial charge in [-0.25, -0.2) is 4.39 Å². The number of hydrogen-bond acceptors (Lipinski definition) is 2.